The predicted molar refractivity (Wildman–Crippen MR) is 107 cm³/mol. The van der Waals surface area contributed by atoms with Gasteiger partial charge in [-0.1, -0.05) is 35.9 Å². The molecule has 9 heteroatoms. The Morgan fingerprint density at radius 2 is 1.90 bits per heavy atom. The van der Waals surface area contributed by atoms with Gasteiger partial charge in [0.1, 0.15) is 0 Å². The van der Waals surface area contributed by atoms with Crippen LogP contribution in [0.1, 0.15) is 11.1 Å². The minimum atomic E-state index is -4.59. The summed E-state index contributed by atoms with van der Waals surface area (Å²) in [5, 5.41) is 3.01. The Morgan fingerprint density at radius 1 is 1.13 bits per heavy atom. The van der Waals surface area contributed by atoms with Crippen molar-refractivity contribution >= 4 is 46.1 Å². The van der Waals surface area contributed by atoms with E-state index in [0.717, 1.165) is 23.6 Å². The number of esters is 1. The number of ether oxygens (including phenoxy) is 1. The van der Waals surface area contributed by atoms with Crippen molar-refractivity contribution in [3.05, 3.63) is 77.0 Å². The second-order valence-electron chi connectivity index (χ2n) is 6.10. The largest absolute Gasteiger partial charge is 0.452 e. The highest BCUT2D eigenvalue weighted by molar-refractivity contribution is 6.33. The smallest absolute Gasteiger partial charge is 0.416 e. The number of hydrogen-bond donors (Lipinski definition) is 1. The van der Waals surface area contributed by atoms with Gasteiger partial charge in [0.15, 0.2) is 6.61 Å². The summed E-state index contributed by atoms with van der Waals surface area (Å²) in [5.41, 5.74) is 0.182. The van der Waals surface area contributed by atoms with Crippen LogP contribution in [0.5, 0.6) is 0 Å². The number of nitrogens with one attached hydrogen (secondary N) is 1. The number of benzene rings is 2. The van der Waals surface area contributed by atoms with E-state index in [1.165, 1.54) is 6.08 Å². The lowest BCUT2D eigenvalue weighted by Crippen LogP contribution is -2.20. The van der Waals surface area contributed by atoms with Crippen LogP contribution < -0.4 is 5.32 Å². The fourth-order valence-electron chi connectivity index (χ4n) is 2.59. The fourth-order valence-corrected chi connectivity index (χ4v) is 2.75. The summed E-state index contributed by atoms with van der Waals surface area (Å²) >= 11 is 5.81. The number of fused-ring (bicyclic) bond motifs is 1. The number of pyridine rings is 1. The maximum atomic E-state index is 12.8. The minimum Gasteiger partial charge on any atom is -0.452 e. The average molecular weight is 435 g/mol. The molecule has 154 valence electrons. The molecular formula is C21H14ClF3N2O3. The summed E-state index contributed by atoms with van der Waals surface area (Å²) < 4.78 is 43.2. The zero-order valence-corrected chi connectivity index (χ0v) is 16.0. The summed E-state index contributed by atoms with van der Waals surface area (Å²) in [4.78, 5) is 28.0. The quantitative estimate of drug-likeness (QED) is 0.448. The number of halogens is 4. The van der Waals surface area contributed by atoms with Crippen molar-refractivity contribution in [3.63, 3.8) is 0 Å². The number of carbonyl (C=O) groups excluding carboxylic acids is 2. The van der Waals surface area contributed by atoms with E-state index in [1.54, 1.807) is 24.4 Å². The van der Waals surface area contributed by atoms with Crippen molar-refractivity contribution in [3.8, 4) is 0 Å². The summed E-state index contributed by atoms with van der Waals surface area (Å²) in [7, 11) is 0. The molecule has 3 aromatic rings. The molecule has 0 bridgehead atoms. The van der Waals surface area contributed by atoms with Crippen LogP contribution in [0.2, 0.25) is 5.02 Å². The van der Waals surface area contributed by atoms with E-state index in [4.69, 9.17) is 16.3 Å². The van der Waals surface area contributed by atoms with E-state index in [-0.39, 0.29) is 10.7 Å². The van der Waals surface area contributed by atoms with Gasteiger partial charge in [-0.15, -0.1) is 0 Å². The Bertz CT molecular complexity index is 1120. The first-order chi connectivity index (χ1) is 14.2. The van der Waals surface area contributed by atoms with Gasteiger partial charge in [0.25, 0.3) is 5.91 Å². The van der Waals surface area contributed by atoms with E-state index in [9.17, 15) is 22.8 Å². The number of aromatic nitrogens is 1. The molecule has 0 radical (unpaired) electrons. The van der Waals surface area contributed by atoms with E-state index in [1.807, 2.05) is 12.1 Å². The van der Waals surface area contributed by atoms with Crippen molar-refractivity contribution in [1.29, 1.82) is 0 Å². The number of alkyl halides is 3. The first-order valence-electron chi connectivity index (χ1n) is 8.59. The van der Waals surface area contributed by atoms with Gasteiger partial charge in [-0.3, -0.25) is 9.78 Å². The molecule has 0 fully saturated rings. The van der Waals surface area contributed by atoms with Crippen molar-refractivity contribution in [1.82, 2.24) is 4.98 Å². The molecule has 1 aromatic heterocycles. The number of carbonyl (C=O) groups is 2. The zero-order valence-electron chi connectivity index (χ0n) is 15.2. The highest BCUT2D eigenvalue weighted by atomic mass is 35.5. The van der Waals surface area contributed by atoms with Crippen molar-refractivity contribution in [2.75, 3.05) is 11.9 Å². The molecule has 0 aliphatic rings. The van der Waals surface area contributed by atoms with E-state index in [0.29, 0.717) is 17.1 Å². The average Bonchev–Trinajstić information content (AvgIpc) is 2.71. The normalized spacial score (nSPS) is 11.6. The number of anilines is 1. The third-order valence-electron chi connectivity index (χ3n) is 3.98. The van der Waals surface area contributed by atoms with Crippen LogP contribution in [0.4, 0.5) is 18.9 Å². The molecule has 5 nitrogen and oxygen atoms in total. The standard InChI is InChI=1S/C21H14ClF3N2O3/c22-16-8-7-15(21(23,24)25)11-17(16)27-18(28)12-30-19(29)9-6-14-4-1-3-13-5-2-10-26-20(13)14/h1-11H,12H2,(H,27,28)/b9-6+. The molecule has 0 saturated carbocycles. The molecular weight excluding hydrogens is 421 g/mol. The van der Waals surface area contributed by atoms with Gasteiger partial charge >= 0.3 is 12.1 Å². The predicted octanol–water partition coefficient (Wildman–Crippen LogP) is 5.10. The van der Waals surface area contributed by atoms with E-state index < -0.39 is 30.2 Å². The van der Waals surface area contributed by atoms with Crippen LogP contribution in [-0.2, 0) is 20.5 Å². The van der Waals surface area contributed by atoms with Gasteiger partial charge in [0, 0.05) is 23.2 Å². The number of amides is 1. The molecule has 0 saturated heterocycles. The lowest BCUT2D eigenvalue weighted by Gasteiger charge is -2.11. The number of rotatable bonds is 5. The number of para-hydroxylation sites is 1. The Hall–Kier alpha value is -3.39. The maximum Gasteiger partial charge on any atom is 0.416 e. The van der Waals surface area contributed by atoms with E-state index in [2.05, 4.69) is 10.3 Å². The van der Waals surface area contributed by atoms with Gasteiger partial charge in [-0.05, 0) is 30.3 Å². The van der Waals surface area contributed by atoms with Gasteiger partial charge in [-0.2, -0.15) is 13.2 Å². The molecule has 1 amide bonds. The Balaban J connectivity index is 1.60. The Kier molecular flexibility index (Phi) is 6.37. The van der Waals surface area contributed by atoms with Gasteiger partial charge in [-0.25, -0.2) is 4.79 Å². The molecule has 0 aliphatic carbocycles. The molecule has 1 N–H and O–H groups in total. The van der Waals surface area contributed by atoms with Crippen molar-refractivity contribution in [2.45, 2.75) is 6.18 Å². The highest BCUT2D eigenvalue weighted by Gasteiger charge is 2.31. The van der Waals surface area contributed by atoms with Crippen LogP contribution in [0.3, 0.4) is 0 Å². The second kappa shape index (κ2) is 8.96. The summed E-state index contributed by atoms with van der Waals surface area (Å²) in [6, 6.07) is 11.6. The van der Waals surface area contributed by atoms with Crippen LogP contribution in [0, 0.1) is 0 Å². The topological polar surface area (TPSA) is 68.3 Å². The Labute approximate surface area is 174 Å². The highest BCUT2D eigenvalue weighted by Crippen LogP contribution is 2.33. The molecule has 1 heterocycles. The number of hydrogen-bond acceptors (Lipinski definition) is 4. The molecule has 30 heavy (non-hydrogen) atoms. The molecule has 0 atom stereocenters. The SMILES string of the molecule is O=C(COC(=O)/C=C/c1cccc2cccnc12)Nc1cc(C(F)(F)F)ccc1Cl. The molecule has 3 rings (SSSR count). The molecule has 0 unspecified atom stereocenters. The fraction of sp³-hybridized carbons (Fsp3) is 0.0952. The molecule has 0 spiro atoms. The lowest BCUT2D eigenvalue weighted by atomic mass is 10.1. The third-order valence-corrected chi connectivity index (χ3v) is 4.31. The summed E-state index contributed by atoms with van der Waals surface area (Å²) in [5.74, 6) is -1.63. The summed E-state index contributed by atoms with van der Waals surface area (Å²) in [6.45, 7) is -0.691. The van der Waals surface area contributed by atoms with Crippen LogP contribution in [0.25, 0.3) is 17.0 Å². The maximum absolute atomic E-state index is 12.8. The van der Waals surface area contributed by atoms with Crippen LogP contribution in [-0.4, -0.2) is 23.5 Å². The Morgan fingerprint density at radius 3 is 2.67 bits per heavy atom. The number of nitrogens with zero attached hydrogens (tertiary/aromatic N) is 1. The zero-order chi connectivity index (χ0) is 21.7. The molecule has 0 aliphatic heterocycles. The van der Waals surface area contributed by atoms with Crippen molar-refractivity contribution in [2.24, 2.45) is 0 Å². The van der Waals surface area contributed by atoms with Crippen LogP contribution >= 0.6 is 11.6 Å². The second-order valence-corrected chi connectivity index (χ2v) is 6.51. The van der Waals surface area contributed by atoms with Gasteiger partial charge in [0.05, 0.1) is 21.8 Å². The monoisotopic (exact) mass is 434 g/mol. The van der Waals surface area contributed by atoms with Crippen molar-refractivity contribution < 1.29 is 27.5 Å². The van der Waals surface area contributed by atoms with E-state index >= 15 is 0 Å². The minimum absolute atomic E-state index is 0.0778. The first kappa shape index (κ1) is 21.3. The molecule has 2 aromatic carbocycles. The summed E-state index contributed by atoms with van der Waals surface area (Å²) in [6.07, 6.45) is -0.327. The van der Waals surface area contributed by atoms with Gasteiger partial charge in [0.2, 0.25) is 0 Å². The third kappa shape index (κ3) is 5.36. The van der Waals surface area contributed by atoms with Gasteiger partial charge < -0.3 is 10.1 Å². The first-order valence-corrected chi connectivity index (χ1v) is 8.97. The van der Waals surface area contributed by atoms with Crippen LogP contribution in [0.15, 0.2) is 60.8 Å². The lowest BCUT2D eigenvalue weighted by molar-refractivity contribution is -0.142.